The van der Waals surface area contributed by atoms with Gasteiger partial charge in [-0.2, -0.15) is 0 Å². The molecule has 130 valence electrons. The van der Waals surface area contributed by atoms with Crippen molar-refractivity contribution in [3.63, 3.8) is 0 Å². The summed E-state index contributed by atoms with van der Waals surface area (Å²) in [6, 6.07) is 0. The van der Waals surface area contributed by atoms with E-state index < -0.39 is 43.3 Å². The number of allylic oxidation sites excluding steroid dienone is 1. The lowest BCUT2D eigenvalue weighted by atomic mass is 9.98. The third kappa shape index (κ3) is 3.26. The fourth-order valence-electron chi connectivity index (χ4n) is 2.62. The van der Waals surface area contributed by atoms with Gasteiger partial charge in [-0.1, -0.05) is 0 Å². The van der Waals surface area contributed by atoms with Gasteiger partial charge in [-0.05, 0) is 26.8 Å². The summed E-state index contributed by atoms with van der Waals surface area (Å²) in [6.07, 6.45) is -5.32. The van der Waals surface area contributed by atoms with Gasteiger partial charge >= 0.3 is 5.97 Å². The van der Waals surface area contributed by atoms with Gasteiger partial charge in [0.1, 0.15) is 35.9 Å². The molecule has 4 N–H and O–H groups in total. The third-order valence-corrected chi connectivity index (χ3v) is 4.08. The zero-order valence-corrected chi connectivity index (χ0v) is 13.2. The number of hydrogen-bond donors (Lipinski definition) is 4. The van der Waals surface area contributed by atoms with Crippen LogP contribution in [-0.4, -0.2) is 63.7 Å². The number of aliphatic hydroxyl groups is 4. The first kappa shape index (κ1) is 17.9. The summed E-state index contributed by atoms with van der Waals surface area (Å²) in [4.78, 5) is 11.8. The van der Waals surface area contributed by atoms with Gasteiger partial charge in [0.2, 0.25) is 6.29 Å². The predicted molar refractivity (Wildman–Crippen MR) is 76.6 cm³/mol. The number of hydrogen-bond acceptors (Lipinski definition) is 8. The van der Waals surface area contributed by atoms with Gasteiger partial charge in [-0.15, -0.1) is 0 Å². The molecule has 0 aliphatic carbocycles. The Bertz CT molecular complexity index is 524. The molecule has 0 radical (unpaired) electrons. The molecule has 6 atom stereocenters. The van der Waals surface area contributed by atoms with Crippen molar-refractivity contribution in [1.82, 2.24) is 0 Å². The first-order valence-corrected chi connectivity index (χ1v) is 7.38. The van der Waals surface area contributed by atoms with Crippen molar-refractivity contribution in [3.8, 4) is 0 Å². The molecule has 1 saturated heterocycles. The van der Waals surface area contributed by atoms with Crippen molar-refractivity contribution in [1.29, 1.82) is 0 Å². The van der Waals surface area contributed by atoms with Crippen LogP contribution in [0.25, 0.3) is 0 Å². The minimum Gasteiger partial charge on any atom is -0.465 e. The van der Waals surface area contributed by atoms with Crippen molar-refractivity contribution >= 4 is 5.97 Å². The van der Waals surface area contributed by atoms with E-state index in [0.29, 0.717) is 5.76 Å². The van der Waals surface area contributed by atoms with E-state index in [0.717, 1.165) is 0 Å². The summed E-state index contributed by atoms with van der Waals surface area (Å²) in [7, 11) is 0. The summed E-state index contributed by atoms with van der Waals surface area (Å²) < 4.78 is 16.0. The highest BCUT2D eigenvalue weighted by molar-refractivity contribution is 5.90. The fourth-order valence-corrected chi connectivity index (χ4v) is 2.62. The number of esters is 1. The van der Waals surface area contributed by atoms with Crippen LogP contribution in [-0.2, 0) is 19.0 Å². The number of ether oxygens (including phenoxy) is 3. The fraction of sp³-hybridized carbons (Fsp3) is 0.667. The van der Waals surface area contributed by atoms with Gasteiger partial charge in [0.05, 0.1) is 18.1 Å². The van der Waals surface area contributed by atoms with Crippen LogP contribution in [0.2, 0.25) is 0 Å². The van der Waals surface area contributed by atoms with E-state index in [2.05, 4.69) is 0 Å². The minimum absolute atomic E-state index is 0.222. The third-order valence-electron chi connectivity index (χ3n) is 4.08. The number of aliphatic hydroxyl groups excluding tert-OH is 4. The van der Waals surface area contributed by atoms with Gasteiger partial charge in [0.15, 0.2) is 0 Å². The van der Waals surface area contributed by atoms with Crippen LogP contribution in [0.5, 0.6) is 0 Å². The van der Waals surface area contributed by atoms with Gasteiger partial charge in [0, 0.05) is 0 Å². The molecule has 1 fully saturated rings. The molecule has 2 aliphatic heterocycles. The predicted octanol–water partition coefficient (Wildman–Crippen LogP) is -0.826. The smallest absolute Gasteiger partial charge is 0.342 e. The quantitative estimate of drug-likeness (QED) is 0.494. The van der Waals surface area contributed by atoms with Crippen LogP contribution in [0.15, 0.2) is 23.2 Å². The Morgan fingerprint density at radius 2 is 1.87 bits per heavy atom. The molecule has 2 heterocycles. The molecule has 23 heavy (non-hydrogen) atoms. The highest BCUT2D eigenvalue weighted by atomic mass is 16.7. The molecular formula is C15H22O8. The number of carbonyl (C=O) groups excluding carboxylic acids is 1. The van der Waals surface area contributed by atoms with Gasteiger partial charge in [0.25, 0.3) is 0 Å². The lowest BCUT2D eigenvalue weighted by Gasteiger charge is -2.41. The van der Waals surface area contributed by atoms with Gasteiger partial charge in [-0.3, -0.25) is 0 Å². The van der Waals surface area contributed by atoms with E-state index in [1.54, 1.807) is 19.9 Å². The Balaban J connectivity index is 2.25. The zero-order chi connectivity index (χ0) is 17.3. The summed E-state index contributed by atoms with van der Waals surface area (Å²) in [5.41, 5.74) is 0.222. The average Bonchev–Trinajstić information content (AvgIpc) is 2.54. The van der Waals surface area contributed by atoms with E-state index in [9.17, 15) is 25.2 Å². The van der Waals surface area contributed by atoms with E-state index in [1.165, 1.54) is 6.92 Å². The second-order valence-corrected chi connectivity index (χ2v) is 5.61. The number of rotatable bonds is 3. The molecule has 0 amide bonds. The van der Waals surface area contributed by atoms with E-state index in [-0.39, 0.29) is 17.3 Å². The second kappa shape index (κ2) is 6.98. The van der Waals surface area contributed by atoms with Crippen molar-refractivity contribution < 1.29 is 39.4 Å². The van der Waals surface area contributed by atoms with Crippen LogP contribution in [0.1, 0.15) is 20.8 Å². The van der Waals surface area contributed by atoms with Gasteiger partial charge in [-0.25, -0.2) is 4.79 Å². The maximum absolute atomic E-state index is 11.8. The largest absolute Gasteiger partial charge is 0.465 e. The SMILES string of the molecule is C/C=C1\OC(=O)C(C)=C(O[C@@H]2O[C@H](CO)[C@@H](O)[C@H](O)[C@H]2O)[C@@H]1C. The van der Waals surface area contributed by atoms with E-state index in [4.69, 9.17) is 14.2 Å². The summed E-state index contributed by atoms with van der Waals surface area (Å²) in [5.74, 6) is -0.306. The zero-order valence-electron chi connectivity index (χ0n) is 13.2. The maximum atomic E-state index is 11.8. The Labute approximate surface area is 133 Å². The molecule has 0 aromatic rings. The Morgan fingerprint density at radius 3 is 2.43 bits per heavy atom. The Morgan fingerprint density at radius 1 is 1.22 bits per heavy atom. The minimum atomic E-state index is -1.54. The molecule has 2 aliphatic rings. The molecule has 0 aromatic carbocycles. The summed E-state index contributed by atoms with van der Waals surface area (Å²) in [6.45, 7) is 4.43. The van der Waals surface area contributed by atoms with Crippen molar-refractivity contribution in [2.24, 2.45) is 5.92 Å². The standard InChI is InChI=1S/C15H22O8/c1-4-8-6(2)13(7(3)14(20)21-8)23-15-12(19)11(18)10(17)9(5-16)22-15/h4,6,9-12,15-19H,5H2,1-3H3/b8-4-/t6-,9-,10-,11+,12-,15+/m1/s1. The molecule has 0 bridgehead atoms. The first-order valence-electron chi connectivity index (χ1n) is 7.38. The van der Waals surface area contributed by atoms with Crippen molar-refractivity contribution in [2.75, 3.05) is 6.61 Å². The molecule has 8 heteroatoms. The first-order chi connectivity index (χ1) is 10.8. The lowest BCUT2D eigenvalue weighted by Crippen LogP contribution is -2.59. The molecule has 2 rings (SSSR count). The van der Waals surface area contributed by atoms with Crippen LogP contribution in [0.3, 0.4) is 0 Å². The normalized spacial score (nSPS) is 40.3. The van der Waals surface area contributed by atoms with Crippen molar-refractivity contribution in [3.05, 3.63) is 23.2 Å². The summed E-state index contributed by atoms with van der Waals surface area (Å²) >= 11 is 0. The highest BCUT2D eigenvalue weighted by Gasteiger charge is 2.46. The molecule has 0 unspecified atom stereocenters. The molecule has 0 aromatic heterocycles. The molecule has 0 spiro atoms. The van der Waals surface area contributed by atoms with Gasteiger partial charge < -0.3 is 34.6 Å². The van der Waals surface area contributed by atoms with E-state index >= 15 is 0 Å². The monoisotopic (exact) mass is 330 g/mol. The lowest BCUT2D eigenvalue weighted by molar-refractivity contribution is -0.293. The summed E-state index contributed by atoms with van der Waals surface area (Å²) in [5, 5.41) is 38.8. The Kier molecular flexibility index (Phi) is 5.43. The number of cyclic esters (lactones) is 1. The van der Waals surface area contributed by atoms with Crippen LogP contribution in [0.4, 0.5) is 0 Å². The average molecular weight is 330 g/mol. The molecule has 0 saturated carbocycles. The molecule has 8 nitrogen and oxygen atoms in total. The second-order valence-electron chi connectivity index (χ2n) is 5.61. The number of carbonyl (C=O) groups is 1. The van der Waals surface area contributed by atoms with Crippen LogP contribution >= 0.6 is 0 Å². The van der Waals surface area contributed by atoms with Crippen LogP contribution in [0, 0.1) is 5.92 Å². The van der Waals surface area contributed by atoms with Crippen LogP contribution < -0.4 is 0 Å². The van der Waals surface area contributed by atoms with Crippen molar-refractivity contribution in [2.45, 2.75) is 51.5 Å². The van der Waals surface area contributed by atoms with E-state index in [1.807, 2.05) is 0 Å². The Hall–Kier alpha value is -1.45. The maximum Gasteiger partial charge on any atom is 0.342 e. The highest BCUT2D eigenvalue weighted by Crippen LogP contribution is 2.34. The topological polar surface area (TPSA) is 126 Å². The molecular weight excluding hydrogens is 308 g/mol.